The first-order chi connectivity index (χ1) is 61.6. The molecule has 0 bridgehead atoms. The van der Waals surface area contributed by atoms with Gasteiger partial charge in [0.15, 0.2) is 24.4 Å². The summed E-state index contributed by atoms with van der Waals surface area (Å²) >= 11 is 23.5. The monoisotopic (exact) mass is 1960 g/mol. The lowest BCUT2D eigenvalue weighted by atomic mass is 10.1. The van der Waals surface area contributed by atoms with E-state index in [-0.39, 0.29) is 44.6 Å². The van der Waals surface area contributed by atoms with Gasteiger partial charge < -0.3 is 85.9 Å². The van der Waals surface area contributed by atoms with Gasteiger partial charge in [0.2, 0.25) is 6.54 Å². The van der Waals surface area contributed by atoms with Gasteiger partial charge in [0.05, 0.1) is 106 Å². The van der Waals surface area contributed by atoms with Gasteiger partial charge in [-0.15, -0.1) is 0 Å². The maximum atomic E-state index is 14.8. The predicted molar refractivity (Wildman–Crippen MR) is 455 cm³/mol. The number of amides is 8. The maximum absolute atomic E-state index is 14.8. The van der Waals surface area contributed by atoms with Crippen LogP contribution < -0.4 is 61.5 Å². The van der Waals surface area contributed by atoms with E-state index in [9.17, 15) is 117 Å². The third-order valence-corrected chi connectivity index (χ3v) is 19.9. The third kappa shape index (κ3) is 29.7. The zero-order valence-corrected chi connectivity index (χ0v) is 73.0. The molecule has 47 heteroatoms. The van der Waals surface area contributed by atoms with Gasteiger partial charge in [-0.25, -0.2) is 51.3 Å². The quantitative estimate of drug-likeness (QED) is 0.0168. The number of para-hydroxylation sites is 4. The summed E-state index contributed by atoms with van der Waals surface area (Å²) in [6.07, 6.45) is -25.1. The second kappa shape index (κ2) is 46.4. The zero-order chi connectivity index (χ0) is 98.5. The minimum Gasteiger partial charge on any atom is -0.480 e. The summed E-state index contributed by atoms with van der Waals surface area (Å²) in [7, 11) is 2.77. The SMILES string of the molecule is C=C(Nc1cc(O[C@@H](C)C(F)(F)F)c(C(=O)Nc2c(F)cccc2Cl)cc1F)N1CCC1.C=C(Nc1cc(O[C@@H](C)C(F)(F)F)c(C(=O)Nc2c(F)cccc2Cl)cc1F)N1CCCC1.CCCN(C)C(=O)Nc1cc(O[C@@H](C)C(F)(F)F)c(C(=O)Nc2c(F)cccc2Cl)cc1F.[C-]#[N+]CCN(C)C(=O)Nc1cc(O[C@@H](C)C(F)(F)F)c(C(=O)Nc2c(F)cccc2Cl)cc1F. The Morgan fingerprint density at radius 3 is 0.833 bits per heavy atom. The van der Waals surface area contributed by atoms with Crippen LogP contribution in [0.5, 0.6) is 23.0 Å². The van der Waals surface area contributed by atoms with Crippen molar-refractivity contribution in [2.24, 2.45) is 0 Å². The van der Waals surface area contributed by atoms with E-state index < -0.39 is 211 Å². The molecule has 0 aliphatic carbocycles. The van der Waals surface area contributed by atoms with Gasteiger partial charge in [-0.2, -0.15) is 52.7 Å². The Labute approximate surface area is 760 Å². The van der Waals surface area contributed by atoms with Crippen LogP contribution in [-0.4, -0.2) is 164 Å². The van der Waals surface area contributed by atoms with Gasteiger partial charge in [0.1, 0.15) is 69.5 Å². The van der Waals surface area contributed by atoms with Crippen molar-refractivity contribution in [1.82, 2.24) is 19.6 Å². The number of nitrogens with one attached hydrogen (secondary N) is 8. The normalized spacial score (nSPS) is 13.3. The number of carbonyl (C=O) groups is 6. The van der Waals surface area contributed by atoms with Gasteiger partial charge in [-0.05, 0) is 126 Å². The lowest BCUT2D eigenvalue weighted by Crippen LogP contribution is -2.38. The van der Waals surface area contributed by atoms with E-state index in [1.807, 2.05) is 11.8 Å². The predicted octanol–water partition coefficient (Wildman–Crippen LogP) is 23.6. The fraction of sp³-hybridized carbons (Fsp3) is 0.306. The number of alkyl halides is 12. The van der Waals surface area contributed by atoms with Crippen molar-refractivity contribution >= 4 is 128 Å². The van der Waals surface area contributed by atoms with Crippen LogP contribution in [-0.2, 0) is 0 Å². The van der Waals surface area contributed by atoms with Gasteiger partial charge in [-0.3, -0.25) is 19.2 Å². The summed E-state index contributed by atoms with van der Waals surface area (Å²) in [6.45, 7) is 22.1. The van der Waals surface area contributed by atoms with Crippen LogP contribution >= 0.6 is 46.4 Å². The molecule has 8 aromatic rings. The third-order valence-electron chi connectivity index (χ3n) is 18.7. The Morgan fingerprint density at radius 2 is 0.621 bits per heavy atom. The van der Waals surface area contributed by atoms with E-state index in [1.54, 1.807) is 4.90 Å². The summed E-state index contributed by atoms with van der Waals surface area (Å²) in [6, 6.07) is 18.6. The molecule has 2 fully saturated rings. The molecule has 2 heterocycles. The lowest BCUT2D eigenvalue weighted by Gasteiger charge is -2.35. The van der Waals surface area contributed by atoms with Crippen LogP contribution in [0.2, 0.25) is 20.1 Å². The van der Waals surface area contributed by atoms with Crippen molar-refractivity contribution in [3.8, 4) is 23.0 Å². The Balaban J connectivity index is 0.000000240. The number of anilines is 8. The highest BCUT2D eigenvalue weighted by molar-refractivity contribution is 6.35. The maximum Gasteiger partial charge on any atom is 0.425 e. The molecule has 0 saturated carbocycles. The van der Waals surface area contributed by atoms with E-state index in [2.05, 4.69) is 60.5 Å². The number of carbonyl (C=O) groups excluding carboxylic acids is 6. The number of nitrogens with zero attached hydrogens (tertiary/aromatic N) is 5. The first-order valence-electron chi connectivity index (χ1n) is 38.7. The van der Waals surface area contributed by atoms with E-state index in [0.29, 0.717) is 95.0 Å². The highest BCUT2D eigenvalue weighted by atomic mass is 35.5. The fourth-order valence-electron chi connectivity index (χ4n) is 11.1. The van der Waals surface area contributed by atoms with Crippen LogP contribution in [0.1, 0.15) is 102 Å². The average Bonchev–Trinajstić information content (AvgIpc) is 1.30. The summed E-state index contributed by atoms with van der Waals surface area (Å²) in [5.41, 5.74) is -5.76. The molecular formula is C85H79Cl4F20N13O10. The van der Waals surface area contributed by atoms with E-state index in [0.717, 1.165) is 80.5 Å². The first kappa shape index (κ1) is 106. The molecule has 712 valence electrons. The Kier molecular flexibility index (Phi) is 37.4. The molecule has 2 aliphatic rings. The molecule has 10 rings (SSSR count). The van der Waals surface area contributed by atoms with Crippen LogP contribution in [0, 0.1) is 53.1 Å². The number of urea groups is 2. The van der Waals surface area contributed by atoms with Crippen LogP contribution in [0.4, 0.5) is 143 Å². The standard InChI is InChI=1S/C22H21ClF5N3O2.C21H18ClF5N4O3.C21H21ClF5N3O3.C21H19ClF5N3O2/c1-12(22(26,27)28)33-19-11-18(29-13(2)31-8-3-4-9-31)17(25)10-14(19)21(32)30-20-15(23)6-5-7-16(20)24;1-11(21(25,26)27)34-17-10-16(29-20(33)31(3)8-7-28-2)15(24)9-12(17)19(32)30-18-13(22)5-4-6-14(18)23;1-4-8-30(3)20(32)28-16-10-17(33-11(2)21(25,26)27)12(9-15(16)24)19(31)29-18-13(22)6-5-7-14(18)23;1-11(21(25,26)27)32-18-10-17(28-12(2)30-7-4-8-30)16(24)9-13(18)20(31)29-19-14(22)5-3-6-15(19)23/h5-7,10-12,29H,2-4,8-9H2,1H3,(H,30,32);4-6,9-11H,7-8H2,1,3H3,(H,29,33)(H,30,32);5-7,9-11H,4,8H2,1-3H3,(H,28,32)(H,29,31);3,5-6,9-11,28H,2,4,7-8H2,1H3,(H,29,31)/t12-;3*11-/m0000/s1. The Morgan fingerprint density at radius 1 is 0.386 bits per heavy atom. The minimum atomic E-state index is -4.83. The van der Waals surface area contributed by atoms with Crippen molar-refractivity contribution in [3.05, 3.63) is 246 Å². The number of benzene rings is 8. The van der Waals surface area contributed by atoms with Crippen molar-refractivity contribution < 1.29 is 136 Å². The molecule has 8 aromatic carbocycles. The number of likely N-dealkylation sites (N-methyl/N-ethyl adjacent to an activating group) is 1. The van der Waals surface area contributed by atoms with Crippen LogP contribution in [0.3, 0.4) is 0 Å². The van der Waals surface area contributed by atoms with Crippen LogP contribution in [0.25, 0.3) is 4.85 Å². The summed E-state index contributed by atoms with van der Waals surface area (Å²) in [5.74, 6) is -14.2. The number of ether oxygens (including phenoxy) is 4. The fourth-order valence-corrected chi connectivity index (χ4v) is 12.0. The molecule has 0 spiro atoms. The van der Waals surface area contributed by atoms with Crippen molar-refractivity contribution in [1.29, 1.82) is 0 Å². The minimum absolute atomic E-state index is 0.00923. The largest absolute Gasteiger partial charge is 0.480 e. The zero-order valence-electron chi connectivity index (χ0n) is 69.9. The average molecular weight is 1960 g/mol. The molecule has 23 nitrogen and oxygen atoms in total. The number of hydrogen-bond acceptors (Lipinski definition) is 14. The van der Waals surface area contributed by atoms with Gasteiger partial charge in [0, 0.05) is 71.1 Å². The van der Waals surface area contributed by atoms with Crippen molar-refractivity contribution in [3.63, 3.8) is 0 Å². The summed E-state index contributed by atoms with van der Waals surface area (Å²) < 4.78 is 292. The molecular weight excluding hydrogens is 1880 g/mol. The second-order valence-corrected chi connectivity index (χ2v) is 30.1. The van der Waals surface area contributed by atoms with E-state index in [1.165, 1.54) is 67.5 Å². The first-order valence-corrected chi connectivity index (χ1v) is 40.2. The van der Waals surface area contributed by atoms with Gasteiger partial charge >= 0.3 is 36.8 Å². The van der Waals surface area contributed by atoms with Crippen LogP contribution in [0.15, 0.2) is 146 Å². The molecule has 0 unspecified atom stereocenters. The highest BCUT2D eigenvalue weighted by Gasteiger charge is 2.43. The number of likely N-dealkylation sites (tertiary alicyclic amines) is 2. The summed E-state index contributed by atoms with van der Waals surface area (Å²) in [5, 5.41) is 17.6. The van der Waals surface area contributed by atoms with Crippen molar-refractivity contribution in [2.75, 3.05) is 102 Å². The highest BCUT2D eigenvalue weighted by Crippen LogP contribution is 2.41. The number of halogens is 24. The molecule has 0 radical (unpaired) electrons. The Hall–Kier alpha value is -12.7. The molecule has 8 N–H and O–H groups in total. The smallest absolute Gasteiger partial charge is 0.425 e. The molecule has 8 amide bonds. The molecule has 2 aliphatic heterocycles. The topological polar surface area (TPSA) is 253 Å². The number of hydrogen-bond donors (Lipinski definition) is 8. The molecule has 0 aromatic heterocycles. The number of rotatable bonds is 28. The summed E-state index contributed by atoms with van der Waals surface area (Å²) in [4.78, 5) is 84.2. The van der Waals surface area contributed by atoms with E-state index in [4.69, 9.17) is 71.9 Å². The van der Waals surface area contributed by atoms with Gasteiger partial charge in [0.25, 0.3) is 23.6 Å². The van der Waals surface area contributed by atoms with Crippen molar-refractivity contribution in [2.45, 2.75) is 109 Å². The molecule has 132 heavy (non-hydrogen) atoms. The molecule has 4 atom stereocenters. The van der Waals surface area contributed by atoms with Gasteiger partial charge in [-0.1, -0.05) is 90.8 Å². The Bertz CT molecular complexity index is 5510. The molecule has 2 saturated heterocycles. The second-order valence-electron chi connectivity index (χ2n) is 28.5. The van der Waals surface area contributed by atoms with E-state index >= 15 is 0 Å². The lowest BCUT2D eigenvalue weighted by molar-refractivity contribution is -0.189.